The van der Waals surface area contributed by atoms with E-state index in [0.29, 0.717) is 5.56 Å². The van der Waals surface area contributed by atoms with Gasteiger partial charge in [0.25, 0.3) is 0 Å². The molecular weight excluding hydrogens is 373 g/mol. The molecule has 8 heteroatoms. The highest BCUT2D eigenvalue weighted by Gasteiger charge is 2.33. The van der Waals surface area contributed by atoms with Gasteiger partial charge in [0.05, 0.1) is 6.42 Å². The molecule has 0 aliphatic carbocycles. The molecule has 1 atom stereocenters. The number of nitrogens with one attached hydrogen (secondary N) is 1. The highest BCUT2D eigenvalue weighted by Crippen LogP contribution is 2.33. The Morgan fingerprint density at radius 3 is 2.29 bits per heavy atom. The van der Waals surface area contributed by atoms with Crippen LogP contribution in [0, 0.1) is 11.3 Å². The summed E-state index contributed by atoms with van der Waals surface area (Å²) >= 11 is 0. The summed E-state index contributed by atoms with van der Waals surface area (Å²) in [4.78, 5) is 24.3. The van der Waals surface area contributed by atoms with E-state index in [0.717, 1.165) is 0 Å². The van der Waals surface area contributed by atoms with Crippen molar-refractivity contribution in [3.05, 3.63) is 59.0 Å². The van der Waals surface area contributed by atoms with Gasteiger partial charge in [-0.05, 0) is 31.5 Å². The lowest BCUT2D eigenvalue weighted by Crippen LogP contribution is -2.32. The average Bonchev–Trinajstić information content (AvgIpc) is 3.08. The van der Waals surface area contributed by atoms with Crippen LogP contribution in [-0.4, -0.2) is 23.9 Å². The van der Waals surface area contributed by atoms with Gasteiger partial charge >= 0.3 is 6.18 Å². The average molecular weight is 392 g/mol. The van der Waals surface area contributed by atoms with Crippen LogP contribution in [0.25, 0.3) is 0 Å². The third-order valence-electron chi connectivity index (χ3n) is 3.94. The fourth-order valence-corrected chi connectivity index (χ4v) is 2.76. The van der Waals surface area contributed by atoms with E-state index in [4.69, 9.17) is 9.68 Å². The molecule has 1 aromatic heterocycles. The summed E-state index contributed by atoms with van der Waals surface area (Å²) in [6, 6.07) is 9.88. The summed E-state index contributed by atoms with van der Waals surface area (Å²) in [5.41, 5.74) is 0.518. The van der Waals surface area contributed by atoms with E-state index in [1.807, 2.05) is 0 Å². The molecule has 0 saturated heterocycles. The van der Waals surface area contributed by atoms with Gasteiger partial charge in [0.15, 0.2) is 5.76 Å². The first-order valence-corrected chi connectivity index (χ1v) is 8.59. The Labute approximate surface area is 160 Å². The van der Waals surface area contributed by atoms with Crippen LogP contribution in [-0.2, 0) is 4.79 Å². The van der Waals surface area contributed by atoms with E-state index < -0.39 is 30.2 Å². The molecule has 1 aromatic carbocycles. The monoisotopic (exact) mass is 392 g/mol. The van der Waals surface area contributed by atoms with Crippen molar-refractivity contribution in [2.24, 2.45) is 0 Å². The van der Waals surface area contributed by atoms with Gasteiger partial charge in [0.2, 0.25) is 17.5 Å². The number of benzene rings is 1. The summed E-state index contributed by atoms with van der Waals surface area (Å²) in [6.07, 6.45) is -5.89. The number of nitrogens with zero attached hydrogens (tertiary/aromatic N) is 1. The number of carbonyl (C=O) groups is 2. The van der Waals surface area contributed by atoms with Crippen molar-refractivity contribution >= 4 is 11.7 Å². The zero-order valence-electron chi connectivity index (χ0n) is 15.3. The number of halogens is 3. The second-order valence-corrected chi connectivity index (χ2v) is 6.67. The third kappa shape index (κ3) is 5.98. The van der Waals surface area contributed by atoms with Crippen LogP contribution >= 0.6 is 0 Å². The first-order valence-electron chi connectivity index (χ1n) is 8.59. The fourth-order valence-electron chi connectivity index (χ4n) is 2.76. The SMILES string of the molecule is CC(C)NC(=O)CC(CC(F)(F)F)c1ccc(C(=O)c2ccc(C#N)o2)cc1. The molecule has 1 amide bonds. The standard InChI is InChI=1S/C20H19F3N2O3/c1-12(2)25-18(26)9-15(10-20(21,22)23)13-3-5-14(6-4-13)19(27)17-8-7-16(11-24)28-17/h3-8,12,15H,9-10H2,1-2H3,(H,25,26). The Kier molecular flexibility index (Phi) is 6.62. The van der Waals surface area contributed by atoms with E-state index in [2.05, 4.69) is 5.32 Å². The molecule has 2 aromatic rings. The van der Waals surface area contributed by atoms with Crippen molar-refractivity contribution in [1.82, 2.24) is 5.32 Å². The molecule has 0 radical (unpaired) electrons. The zero-order chi connectivity index (χ0) is 20.9. The summed E-state index contributed by atoms with van der Waals surface area (Å²) in [5.74, 6) is -2.06. The van der Waals surface area contributed by atoms with Crippen molar-refractivity contribution in [1.29, 1.82) is 5.26 Å². The highest BCUT2D eigenvalue weighted by atomic mass is 19.4. The molecule has 2 rings (SSSR count). The first-order chi connectivity index (χ1) is 13.1. The topological polar surface area (TPSA) is 83.1 Å². The van der Waals surface area contributed by atoms with Crippen molar-refractivity contribution in [3.8, 4) is 6.07 Å². The molecule has 0 spiro atoms. The molecular formula is C20H19F3N2O3. The van der Waals surface area contributed by atoms with Gasteiger partial charge in [-0.15, -0.1) is 0 Å². The minimum absolute atomic E-state index is 0.0126. The molecule has 0 aliphatic heterocycles. The molecule has 0 fully saturated rings. The molecule has 1 N–H and O–H groups in total. The number of carbonyl (C=O) groups excluding carboxylic acids is 2. The molecule has 0 aliphatic rings. The Balaban J connectivity index is 2.21. The molecule has 5 nitrogen and oxygen atoms in total. The Hall–Kier alpha value is -3.08. The lowest BCUT2D eigenvalue weighted by atomic mass is 9.90. The van der Waals surface area contributed by atoms with Crippen LogP contribution in [0.5, 0.6) is 0 Å². The lowest BCUT2D eigenvalue weighted by Gasteiger charge is -2.20. The van der Waals surface area contributed by atoms with Crippen molar-refractivity contribution in [2.45, 2.75) is 44.8 Å². The summed E-state index contributed by atoms with van der Waals surface area (Å²) < 4.78 is 43.9. The van der Waals surface area contributed by atoms with Crippen molar-refractivity contribution in [3.63, 3.8) is 0 Å². The van der Waals surface area contributed by atoms with Gasteiger partial charge in [-0.3, -0.25) is 9.59 Å². The maximum Gasteiger partial charge on any atom is 0.389 e. The van der Waals surface area contributed by atoms with Crippen LogP contribution < -0.4 is 5.32 Å². The number of nitriles is 1. The lowest BCUT2D eigenvalue weighted by molar-refractivity contribution is -0.141. The largest absolute Gasteiger partial charge is 0.442 e. The van der Waals surface area contributed by atoms with Gasteiger partial charge in [0, 0.05) is 23.9 Å². The summed E-state index contributed by atoms with van der Waals surface area (Å²) in [5, 5.41) is 11.3. The minimum Gasteiger partial charge on any atom is -0.442 e. The molecule has 0 saturated carbocycles. The van der Waals surface area contributed by atoms with E-state index >= 15 is 0 Å². The van der Waals surface area contributed by atoms with Gasteiger partial charge in [-0.25, -0.2) is 0 Å². The predicted octanol–water partition coefficient (Wildman–Crippen LogP) is 4.33. The van der Waals surface area contributed by atoms with Gasteiger partial charge in [0.1, 0.15) is 6.07 Å². The van der Waals surface area contributed by atoms with Crippen LogP contribution in [0.4, 0.5) is 13.2 Å². The molecule has 148 valence electrons. The third-order valence-corrected chi connectivity index (χ3v) is 3.94. The highest BCUT2D eigenvalue weighted by molar-refractivity contribution is 6.07. The number of hydrogen-bond acceptors (Lipinski definition) is 4. The first kappa shape index (κ1) is 21.2. The maximum atomic E-state index is 12.9. The molecule has 28 heavy (non-hydrogen) atoms. The number of rotatable bonds is 7. The van der Waals surface area contributed by atoms with Crippen molar-refractivity contribution < 1.29 is 27.2 Å². The fraction of sp³-hybridized carbons (Fsp3) is 0.350. The number of amides is 1. The van der Waals surface area contributed by atoms with Crippen LogP contribution in [0.3, 0.4) is 0 Å². The maximum absolute atomic E-state index is 12.9. The van der Waals surface area contributed by atoms with Crippen molar-refractivity contribution in [2.75, 3.05) is 0 Å². The van der Waals surface area contributed by atoms with E-state index in [1.54, 1.807) is 19.9 Å². The summed E-state index contributed by atoms with van der Waals surface area (Å²) in [7, 11) is 0. The molecule has 1 unspecified atom stereocenters. The second kappa shape index (κ2) is 8.74. The smallest absolute Gasteiger partial charge is 0.389 e. The number of ketones is 1. The minimum atomic E-state index is -4.43. The van der Waals surface area contributed by atoms with E-state index in [-0.39, 0.29) is 29.5 Å². The van der Waals surface area contributed by atoms with Gasteiger partial charge in [-0.2, -0.15) is 18.4 Å². The van der Waals surface area contributed by atoms with Gasteiger partial charge < -0.3 is 9.73 Å². The molecule has 1 heterocycles. The quantitative estimate of drug-likeness (QED) is 0.711. The van der Waals surface area contributed by atoms with E-state index in [9.17, 15) is 22.8 Å². The Morgan fingerprint density at radius 2 is 1.79 bits per heavy atom. The Morgan fingerprint density at radius 1 is 1.14 bits per heavy atom. The Bertz CT molecular complexity index is 877. The van der Waals surface area contributed by atoms with Crippen LogP contribution in [0.2, 0.25) is 0 Å². The summed E-state index contributed by atoms with van der Waals surface area (Å²) in [6.45, 7) is 3.45. The van der Waals surface area contributed by atoms with Crippen LogP contribution in [0.1, 0.15) is 60.0 Å². The second-order valence-electron chi connectivity index (χ2n) is 6.67. The number of furan rings is 1. The number of hydrogen-bond donors (Lipinski definition) is 1. The molecule has 0 bridgehead atoms. The van der Waals surface area contributed by atoms with Gasteiger partial charge in [-0.1, -0.05) is 24.3 Å². The van der Waals surface area contributed by atoms with Crippen LogP contribution in [0.15, 0.2) is 40.8 Å². The normalized spacial score (nSPS) is 12.5. The number of alkyl halides is 3. The predicted molar refractivity (Wildman–Crippen MR) is 94.6 cm³/mol. The zero-order valence-corrected chi connectivity index (χ0v) is 15.3. The van der Waals surface area contributed by atoms with E-state index in [1.165, 1.54) is 36.4 Å².